The van der Waals surface area contributed by atoms with Gasteiger partial charge >= 0.3 is 12.1 Å². The molecule has 0 aliphatic carbocycles. The van der Waals surface area contributed by atoms with Gasteiger partial charge in [0, 0.05) is 5.56 Å². The van der Waals surface area contributed by atoms with Crippen LogP contribution in [-0.4, -0.2) is 17.9 Å². The van der Waals surface area contributed by atoms with E-state index in [0.29, 0.717) is 5.56 Å². The standard InChI is InChI=1S/C11H9F5O/c1-6-3-4-7(2)8(5-6)9(17)10(12,13)11(14,15)16/h3-5H,1-2H3. The number of ketones is 1. The number of benzene rings is 1. The average molecular weight is 252 g/mol. The summed E-state index contributed by atoms with van der Waals surface area (Å²) in [5, 5.41) is 0. The molecule has 0 fully saturated rings. The van der Waals surface area contributed by atoms with E-state index >= 15 is 0 Å². The highest BCUT2D eigenvalue weighted by molar-refractivity contribution is 6.03. The molecule has 1 nitrogen and oxygen atoms in total. The van der Waals surface area contributed by atoms with Gasteiger partial charge in [0.1, 0.15) is 0 Å². The van der Waals surface area contributed by atoms with E-state index in [1.54, 1.807) is 0 Å². The average Bonchev–Trinajstić information content (AvgIpc) is 2.19. The quantitative estimate of drug-likeness (QED) is 0.579. The topological polar surface area (TPSA) is 17.1 Å². The van der Waals surface area contributed by atoms with Crippen LogP contribution in [0.5, 0.6) is 0 Å². The Bertz CT molecular complexity index is 448. The molecule has 0 aliphatic heterocycles. The molecular weight excluding hydrogens is 243 g/mol. The highest BCUT2D eigenvalue weighted by atomic mass is 19.4. The van der Waals surface area contributed by atoms with Gasteiger partial charge in [-0.05, 0) is 25.5 Å². The number of carbonyl (C=O) groups excluding carboxylic acids is 1. The molecule has 1 aromatic carbocycles. The molecule has 0 bridgehead atoms. The van der Waals surface area contributed by atoms with Crippen LogP contribution in [0.25, 0.3) is 0 Å². The van der Waals surface area contributed by atoms with Crippen LogP contribution in [0.15, 0.2) is 18.2 Å². The molecule has 0 atom stereocenters. The predicted octanol–water partition coefficient (Wildman–Crippen LogP) is 3.68. The van der Waals surface area contributed by atoms with Crippen molar-refractivity contribution in [2.45, 2.75) is 25.9 Å². The number of carbonyl (C=O) groups is 1. The first kappa shape index (κ1) is 13.6. The van der Waals surface area contributed by atoms with Crippen LogP contribution in [0.3, 0.4) is 0 Å². The predicted molar refractivity (Wildman–Crippen MR) is 51.2 cm³/mol. The molecule has 6 heteroatoms. The van der Waals surface area contributed by atoms with Crippen molar-refractivity contribution in [3.8, 4) is 0 Å². The van der Waals surface area contributed by atoms with Gasteiger partial charge < -0.3 is 0 Å². The third kappa shape index (κ3) is 2.45. The summed E-state index contributed by atoms with van der Waals surface area (Å²) in [7, 11) is 0. The first-order chi connectivity index (χ1) is 7.57. The summed E-state index contributed by atoms with van der Waals surface area (Å²) in [4.78, 5) is 11.2. The second-order valence-electron chi connectivity index (χ2n) is 3.72. The minimum Gasteiger partial charge on any atom is -0.287 e. The lowest BCUT2D eigenvalue weighted by Gasteiger charge is -2.19. The maximum atomic E-state index is 12.8. The Morgan fingerprint density at radius 3 is 2.06 bits per heavy atom. The van der Waals surface area contributed by atoms with Crippen molar-refractivity contribution in [3.05, 3.63) is 34.9 Å². The van der Waals surface area contributed by atoms with Gasteiger partial charge in [-0.25, -0.2) is 0 Å². The molecule has 0 radical (unpaired) electrons. The zero-order valence-corrected chi connectivity index (χ0v) is 9.03. The first-order valence-electron chi connectivity index (χ1n) is 4.64. The SMILES string of the molecule is Cc1ccc(C)c(C(=O)C(F)(F)C(F)(F)F)c1. The summed E-state index contributed by atoms with van der Waals surface area (Å²) in [6, 6.07) is 3.88. The summed E-state index contributed by atoms with van der Waals surface area (Å²) < 4.78 is 61.8. The number of Topliss-reactive ketones (excluding diaryl/α,β-unsaturated/α-hetero) is 1. The van der Waals surface area contributed by atoms with Gasteiger partial charge in [-0.3, -0.25) is 4.79 Å². The van der Waals surface area contributed by atoms with E-state index in [1.807, 2.05) is 0 Å². The normalized spacial score (nSPS) is 12.6. The van der Waals surface area contributed by atoms with Gasteiger partial charge in [0.2, 0.25) is 5.78 Å². The summed E-state index contributed by atoms with van der Waals surface area (Å²) in [6.07, 6.45) is -5.87. The fourth-order valence-corrected chi connectivity index (χ4v) is 1.28. The smallest absolute Gasteiger partial charge is 0.287 e. The second kappa shape index (κ2) is 4.09. The third-order valence-electron chi connectivity index (χ3n) is 2.28. The van der Waals surface area contributed by atoms with Gasteiger partial charge in [-0.15, -0.1) is 0 Å². The molecule has 1 aromatic rings. The van der Waals surface area contributed by atoms with Gasteiger partial charge in [-0.2, -0.15) is 22.0 Å². The van der Waals surface area contributed by atoms with Crippen molar-refractivity contribution >= 4 is 5.78 Å². The summed E-state index contributed by atoms with van der Waals surface area (Å²) in [5.41, 5.74) is -0.0752. The Hall–Kier alpha value is -1.46. The van der Waals surface area contributed by atoms with Gasteiger partial charge in [0.05, 0.1) is 0 Å². The second-order valence-corrected chi connectivity index (χ2v) is 3.72. The van der Waals surface area contributed by atoms with Gasteiger partial charge in [0.15, 0.2) is 0 Å². The summed E-state index contributed by atoms with van der Waals surface area (Å²) in [6.45, 7) is 2.81. The Kier molecular flexibility index (Phi) is 3.27. The fraction of sp³-hybridized carbons (Fsp3) is 0.364. The monoisotopic (exact) mass is 252 g/mol. The molecule has 0 heterocycles. The molecule has 0 saturated heterocycles. The zero-order valence-electron chi connectivity index (χ0n) is 9.03. The molecule has 94 valence electrons. The van der Waals surface area contributed by atoms with Crippen LogP contribution in [0, 0.1) is 13.8 Å². The zero-order chi connectivity index (χ0) is 13.4. The van der Waals surface area contributed by atoms with Crippen LogP contribution in [0.4, 0.5) is 22.0 Å². The maximum absolute atomic E-state index is 12.8. The van der Waals surface area contributed by atoms with Crippen molar-refractivity contribution in [1.82, 2.24) is 0 Å². The molecular formula is C11H9F5O. The fourth-order valence-electron chi connectivity index (χ4n) is 1.28. The number of rotatable bonds is 2. The van der Waals surface area contributed by atoms with E-state index in [-0.39, 0.29) is 5.56 Å². The highest BCUT2D eigenvalue weighted by Gasteiger charge is 2.63. The minimum absolute atomic E-state index is 0.0875. The van der Waals surface area contributed by atoms with Crippen molar-refractivity contribution in [3.63, 3.8) is 0 Å². The Morgan fingerprint density at radius 2 is 1.59 bits per heavy atom. The molecule has 0 unspecified atom stereocenters. The van der Waals surface area contributed by atoms with Crippen LogP contribution in [0.2, 0.25) is 0 Å². The van der Waals surface area contributed by atoms with Crippen LogP contribution >= 0.6 is 0 Å². The number of hydrogen-bond donors (Lipinski definition) is 0. The van der Waals surface area contributed by atoms with E-state index in [9.17, 15) is 26.7 Å². The first-order valence-corrected chi connectivity index (χ1v) is 4.64. The third-order valence-corrected chi connectivity index (χ3v) is 2.28. The summed E-state index contributed by atoms with van der Waals surface area (Å²) >= 11 is 0. The Morgan fingerprint density at radius 1 is 1.06 bits per heavy atom. The molecule has 0 N–H and O–H groups in total. The molecule has 0 aromatic heterocycles. The van der Waals surface area contributed by atoms with Gasteiger partial charge in [-0.1, -0.05) is 17.7 Å². The lowest BCUT2D eigenvalue weighted by Crippen LogP contribution is -2.44. The summed E-state index contributed by atoms with van der Waals surface area (Å²) in [5.74, 6) is -7.57. The molecule has 0 amide bonds. The van der Waals surface area contributed by atoms with Crippen molar-refractivity contribution in [1.29, 1.82) is 0 Å². The molecule has 0 saturated carbocycles. The number of hydrogen-bond acceptors (Lipinski definition) is 1. The lowest BCUT2D eigenvalue weighted by atomic mass is 9.98. The van der Waals surface area contributed by atoms with Crippen LogP contribution in [0.1, 0.15) is 21.5 Å². The van der Waals surface area contributed by atoms with Crippen molar-refractivity contribution in [2.75, 3.05) is 0 Å². The van der Waals surface area contributed by atoms with Gasteiger partial charge in [0.25, 0.3) is 0 Å². The Labute approximate surface area is 94.2 Å². The lowest BCUT2D eigenvalue weighted by molar-refractivity contribution is -0.255. The minimum atomic E-state index is -5.87. The molecule has 0 aliphatic rings. The Balaban J connectivity index is 3.26. The van der Waals surface area contributed by atoms with Crippen molar-refractivity contribution < 1.29 is 26.7 Å². The largest absolute Gasteiger partial charge is 0.461 e. The number of halogens is 5. The molecule has 0 spiro atoms. The van der Waals surface area contributed by atoms with E-state index < -0.39 is 23.4 Å². The molecule has 17 heavy (non-hydrogen) atoms. The van der Waals surface area contributed by atoms with E-state index in [4.69, 9.17) is 0 Å². The highest BCUT2D eigenvalue weighted by Crippen LogP contribution is 2.38. The number of aryl methyl sites for hydroxylation is 2. The van der Waals surface area contributed by atoms with Crippen molar-refractivity contribution in [2.24, 2.45) is 0 Å². The van der Waals surface area contributed by atoms with Crippen LogP contribution in [-0.2, 0) is 0 Å². The van der Waals surface area contributed by atoms with E-state index in [0.717, 1.165) is 6.07 Å². The van der Waals surface area contributed by atoms with E-state index in [2.05, 4.69) is 0 Å². The van der Waals surface area contributed by atoms with Crippen LogP contribution < -0.4 is 0 Å². The molecule has 1 rings (SSSR count). The van der Waals surface area contributed by atoms with E-state index in [1.165, 1.54) is 26.0 Å². The maximum Gasteiger partial charge on any atom is 0.461 e. The number of alkyl halides is 5.